The second kappa shape index (κ2) is 5.75. The predicted octanol–water partition coefficient (Wildman–Crippen LogP) is 2.29. The molecule has 2 aromatic rings. The lowest BCUT2D eigenvalue weighted by Gasteiger charge is -2.25. The maximum Gasteiger partial charge on any atom is 0.147 e. The highest BCUT2D eigenvalue weighted by atomic mass is 15.4. The summed E-state index contributed by atoms with van der Waals surface area (Å²) in [6, 6.07) is 11.2. The van der Waals surface area contributed by atoms with E-state index in [4.69, 9.17) is 0 Å². The number of fused-ring (bicyclic) bond motifs is 1. The Morgan fingerprint density at radius 2 is 2.15 bits per heavy atom. The molecule has 0 amide bonds. The van der Waals surface area contributed by atoms with Gasteiger partial charge in [0.15, 0.2) is 0 Å². The molecule has 0 aliphatic carbocycles. The standard InChI is InChI=1S/C16H22N4/c1-12(14-6-4-3-5-7-14)10-17-15-8-9-16-18-13(2)19-20(16)11-15/h3-7,12,15,17H,8-11H2,1-2H3. The van der Waals surface area contributed by atoms with Crippen molar-refractivity contribution in [1.29, 1.82) is 0 Å². The van der Waals surface area contributed by atoms with Crippen LogP contribution in [0.15, 0.2) is 30.3 Å². The molecule has 1 aromatic heterocycles. The quantitative estimate of drug-likeness (QED) is 0.927. The van der Waals surface area contributed by atoms with Gasteiger partial charge < -0.3 is 5.32 Å². The van der Waals surface area contributed by atoms with Gasteiger partial charge in [0, 0.05) is 19.0 Å². The van der Waals surface area contributed by atoms with Crippen molar-refractivity contribution in [2.45, 2.75) is 45.2 Å². The highest BCUT2D eigenvalue weighted by Crippen LogP contribution is 2.16. The Morgan fingerprint density at radius 3 is 2.95 bits per heavy atom. The Balaban J connectivity index is 1.55. The van der Waals surface area contributed by atoms with Crippen LogP contribution in [0.1, 0.15) is 36.5 Å². The fourth-order valence-corrected chi connectivity index (χ4v) is 2.84. The van der Waals surface area contributed by atoms with Crippen LogP contribution < -0.4 is 5.32 Å². The van der Waals surface area contributed by atoms with E-state index in [1.54, 1.807) is 0 Å². The van der Waals surface area contributed by atoms with Crippen molar-refractivity contribution < 1.29 is 0 Å². The van der Waals surface area contributed by atoms with Gasteiger partial charge in [-0.25, -0.2) is 9.67 Å². The first-order valence-electron chi connectivity index (χ1n) is 7.41. The minimum absolute atomic E-state index is 0.509. The maximum atomic E-state index is 4.45. The number of hydrogen-bond donors (Lipinski definition) is 1. The van der Waals surface area contributed by atoms with E-state index in [9.17, 15) is 0 Å². The molecule has 2 unspecified atom stereocenters. The molecular weight excluding hydrogens is 248 g/mol. The van der Waals surface area contributed by atoms with Crippen molar-refractivity contribution in [3.63, 3.8) is 0 Å². The van der Waals surface area contributed by atoms with E-state index in [2.05, 4.69) is 57.3 Å². The molecule has 2 atom stereocenters. The molecule has 0 radical (unpaired) electrons. The zero-order valence-corrected chi connectivity index (χ0v) is 12.2. The van der Waals surface area contributed by atoms with Crippen LogP contribution in [0.25, 0.3) is 0 Å². The van der Waals surface area contributed by atoms with Crippen molar-refractivity contribution in [3.8, 4) is 0 Å². The number of hydrogen-bond acceptors (Lipinski definition) is 3. The first kappa shape index (κ1) is 13.3. The molecule has 0 saturated carbocycles. The average molecular weight is 270 g/mol. The van der Waals surface area contributed by atoms with Gasteiger partial charge >= 0.3 is 0 Å². The molecule has 1 aliphatic heterocycles. The van der Waals surface area contributed by atoms with E-state index in [0.29, 0.717) is 12.0 Å². The van der Waals surface area contributed by atoms with Crippen molar-refractivity contribution >= 4 is 0 Å². The Hall–Kier alpha value is -1.68. The van der Waals surface area contributed by atoms with E-state index >= 15 is 0 Å². The van der Waals surface area contributed by atoms with Gasteiger partial charge in [0.1, 0.15) is 11.6 Å². The Morgan fingerprint density at radius 1 is 1.35 bits per heavy atom. The van der Waals surface area contributed by atoms with E-state index in [1.807, 2.05) is 6.92 Å². The molecule has 0 fully saturated rings. The fourth-order valence-electron chi connectivity index (χ4n) is 2.84. The van der Waals surface area contributed by atoms with Crippen LogP contribution in [0.5, 0.6) is 0 Å². The Kier molecular flexibility index (Phi) is 3.83. The van der Waals surface area contributed by atoms with Crippen molar-refractivity contribution in [3.05, 3.63) is 47.5 Å². The predicted molar refractivity (Wildman–Crippen MR) is 79.7 cm³/mol. The summed E-state index contributed by atoms with van der Waals surface area (Å²) >= 11 is 0. The normalized spacial score (nSPS) is 19.6. The smallest absolute Gasteiger partial charge is 0.147 e. The lowest BCUT2D eigenvalue weighted by Crippen LogP contribution is -2.39. The Labute approximate surface area is 120 Å². The van der Waals surface area contributed by atoms with Crippen LogP contribution in [-0.2, 0) is 13.0 Å². The summed E-state index contributed by atoms with van der Waals surface area (Å²) in [5.41, 5.74) is 1.40. The summed E-state index contributed by atoms with van der Waals surface area (Å²) in [7, 11) is 0. The number of benzene rings is 1. The summed E-state index contributed by atoms with van der Waals surface area (Å²) in [5, 5.41) is 8.13. The summed E-state index contributed by atoms with van der Waals surface area (Å²) in [4.78, 5) is 4.45. The third-order valence-corrected chi connectivity index (χ3v) is 4.05. The third-order valence-electron chi connectivity index (χ3n) is 4.05. The van der Waals surface area contributed by atoms with Crippen LogP contribution >= 0.6 is 0 Å². The van der Waals surface area contributed by atoms with Crippen LogP contribution in [0, 0.1) is 6.92 Å². The summed E-state index contributed by atoms with van der Waals surface area (Å²) < 4.78 is 2.06. The summed E-state index contributed by atoms with van der Waals surface area (Å²) in [5.74, 6) is 2.56. The number of nitrogens with zero attached hydrogens (tertiary/aromatic N) is 3. The van der Waals surface area contributed by atoms with Crippen molar-refractivity contribution in [2.24, 2.45) is 0 Å². The highest BCUT2D eigenvalue weighted by molar-refractivity contribution is 5.19. The van der Waals surface area contributed by atoms with Gasteiger partial charge in [0.05, 0.1) is 6.54 Å². The lowest BCUT2D eigenvalue weighted by molar-refractivity contribution is 0.354. The second-order valence-electron chi connectivity index (χ2n) is 5.71. The molecule has 1 N–H and O–H groups in total. The first-order chi connectivity index (χ1) is 9.72. The monoisotopic (exact) mass is 270 g/mol. The topological polar surface area (TPSA) is 42.7 Å². The van der Waals surface area contributed by atoms with Crippen molar-refractivity contribution in [1.82, 2.24) is 20.1 Å². The van der Waals surface area contributed by atoms with Gasteiger partial charge in [-0.05, 0) is 24.8 Å². The molecule has 0 bridgehead atoms. The second-order valence-corrected chi connectivity index (χ2v) is 5.71. The molecule has 0 saturated heterocycles. The zero-order chi connectivity index (χ0) is 13.9. The van der Waals surface area contributed by atoms with E-state index < -0.39 is 0 Å². The van der Waals surface area contributed by atoms with Gasteiger partial charge in [-0.1, -0.05) is 37.3 Å². The number of rotatable bonds is 4. The lowest BCUT2D eigenvalue weighted by atomic mass is 10.00. The van der Waals surface area contributed by atoms with E-state index in [0.717, 1.165) is 37.6 Å². The zero-order valence-electron chi connectivity index (χ0n) is 12.2. The molecule has 4 nitrogen and oxygen atoms in total. The van der Waals surface area contributed by atoms with Gasteiger partial charge in [0.25, 0.3) is 0 Å². The van der Waals surface area contributed by atoms with Crippen LogP contribution in [0.4, 0.5) is 0 Å². The van der Waals surface area contributed by atoms with Gasteiger partial charge in [0.2, 0.25) is 0 Å². The van der Waals surface area contributed by atoms with Gasteiger partial charge in [-0.3, -0.25) is 0 Å². The van der Waals surface area contributed by atoms with Crippen LogP contribution in [0.3, 0.4) is 0 Å². The highest BCUT2D eigenvalue weighted by Gasteiger charge is 2.20. The SMILES string of the molecule is Cc1nc2n(n1)CC(NCC(C)c1ccccc1)CC2. The summed E-state index contributed by atoms with van der Waals surface area (Å²) in [6.45, 7) is 6.19. The maximum absolute atomic E-state index is 4.45. The van der Waals surface area contributed by atoms with Crippen molar-refractivity contribution in [2.75, 3.05) is 6.54 Å². The minimum Gasteiger partial charge on any atom is -0.312 e. The number of aromatic nitrogens is 3. The molecule has 0 spiro atoms. The van der Waals surface area contributed by atoms with Gasteiger partial charge in [-0.15, -0.1) is 0 Å². The molecule has 4 heteroatoms. The number of nitrogens with one attached hydrogen (secondary N) is 1. The third kappa shape index (κ3) is 2.90. The molecule has 20 heavy (non-hydrogen) atoms. The fraction of sp³-hybridized carbons (Fsp3) is 0.500. The van der Waals surface area contributed by atoms with E-state index in [-0.39, 0.29) is 0 Å². The minimum atomic E-state index is 0.509. The molecule has 106 valence electrons. The Bertz CT molecular complexity index is 561. The number of aryl methyl sites for hydroxylation is 2. The van der Waals surface area contributed by atoms with Crippen LogP contribution in [-0.4, -0.2) is 27.4 Å². The summed E-state index contributed by atoms with van der Waals surface area (Å²) in [6.07, 6.45) is 2.18. The average Bonchev–Trinajstić information content (AvgIpc) is 2.85. The molecule has 2 heterocycles. The first-order valence-corrected chi connectivity index (χ1v) is 7.41. The molecule has 3 rings (SSSR count). The van der Waals surface area contributed by atoms with Gasteiger partial charge in [-0.2, -0.15) is 5.10 Å². The molecule has 1 aromatic carbocycles. The largest absolute Gasteiger partial charge is 0.312 e. The molecule has 1 aliphatic rings. The molecular formula is C16H22N4. The van der Waals surface area contributed by atoms with E-state index in [1.165, 1.54) is 5.56 Å². The van der Waals surface area contributed by atoms with Crippen LogP contribution in [0.2, 0.25) is 0 Å².